The van der Waals surface area contributed by atoms with Crippen molar-refractivity contribution in [2.45, 2.75) is 19.3 Å². The topological polar surface area (TPSA) is 4.93 Å². The number of fused-ring (bicyclic) bond motifs is 9. The Balaban J connectivity index is 1.49. The maximum Gasteiger partial charge on any atom is 0.0544 e. The summed E-state index contributed by atoms with van der Waals surface area (Å²) in [5, 5.41) is 5.31. The quantitative estimate of drug-likeness (QED) is 0.227. The van der Waals surface area contributed by atoms with E-state index >= 15 is 0 Å². The number of aromatic nitrogens is 1. The fraction of sp³-hybridized carbons (Fsp3) is 0.0909. The molecule has 7 aromatic rings. The summed E-state index contributed by atoms with van der Waals surface area (Å²) in [5.41, 5.74) is 9.33. The van der Waals surface area contributed by atoms with Crippen molar-refractivity contribution in [2.24, 2.45) is 0 Å². The van der Waals surface area contributed by atoms with Gasteiger partial charge in [0.1, 0.15) is 0 Å². The largest absolute Gasteiger partial charge is 0.309 e. The Morgan fingerprint density at radius 1 is 0.543 bits per heavy atom. The minimum Gasteiger partial charge on any atom is -0.309 e. The van der Waals surface area contributed by atoms with Gasteiger partial charge in [0, 0.05) is 42.0 Å². The van der Waals surface area contributed by atoms with E-state index < -0.39 is 0 Å². The van der Waals surface area contributed by atoms with Gasteiger partial charge in [0.25, 0.3) is 0 Å². The molecule has 8 rings (SSSR count). The minimum atomic E-state index is -0.0189. The van der Waals surface area contributed by atoms with Gasteiger partial charge in [0.15, 0.2) is 0 Å². The second-order valence-electron chi connectivity index (χ2n) is 10.2. The maximum absolute atomic E-state index is 2.47. The maximum atomic E-state index is 2.47. The number of benzene rings is 5. The van der Waals surface area contributed by atoms with Crippen LogP contribution >= 0.6 is 11.3 Å². The first kappa shape index (κ1) is 19.4. The highest BCUT2D eigenvalue weighted by molar-refractivity contribution is 7.25. The zero-order valence-electron chi connectivity index (χ0n) is 19.7. The Morgan fingerprint density at radius 3 is 2.20 bits per heavy atom. The molecule has 0 unspecified atom stereocenters. The molecule has 0 atom stereocenters. The summed E-state index contributed by atoms with van der Waals surface area (Å²) in [4.78, 5) is 0. The van der Waals surface area contributed by atoms with Gasteiger partial charge in [-0.3, -0.25) is 0 Å². The van der Waals surface area contributed by atoms with E-state index in [0.29, 0.717) is 0 Å². The lowest BCUT2D eigenvalue weighted by atomic mass is 9.82. The van der Waals surface area contributed by atoms with Gasteiger partial charge in [0.2, 0.25) is 0 Å². The molecule has 0 bridgehead atoms. The van der Waals surface area contributed by atoms with Crippen molar-refractivity contribution in [1.29, 1.82) is 0 Å². The SMILES string of the molecule is CC1(C)c2ccccc2-c2cc3c4ccccc4n(-c4ccc5sc6ccccc6c5c4)c3cc21. The summed E-state index contributed by atoms with van der Waals surface area (Å²) in [6.07, 6.45) is 0. The van der Waals surface area contributed by atoms with Gasteiger partial charge in [-0.15, -0.1) is 11.3 Å². The number of hydrogen-bond donors (Lipinski definition) is 0. The van der Waals surface area contributed by atoms with Gasteiger partial charge in [-0.25, -0.2) is 0 Å². The Hall–Kier alpha value is -3.88. The third-order valence-electron chi connectivity index (χ3n) is 7.99. The van der Waals surface area contributed by atoms with Gasteiger partial charge >= 0.3 is 0 Å². The number of nitrogens with zero attached hydrogens (tertiary/aromatic N) is 1. The van der Waals surface area contributed by atoms with Crippen LogP contribution in [0.2, 0.25) is 0 Å². The van der Waals surface area contributed by atoms with Gasteiger partial charge in [0.05, 0.1) is 11.0 Å². The standard InChI is InChI=1S/C33H23NS/c1-33(2)27-12-6-3-9-21(27)24-18-25-22-10-4-7-13-29(22)34(30(25)19-28(24)33)20-15-16-32-26(17-20)23-11-5-8-14-31(23)35-32/h3-19H,1-2H3. The van der Waals surface area contributed by atoms with Crippen molar-refractivity contribution in [2.75, 3.05) is 0 Å². The monoisotopic (exact) mass is 465 g/mol. The van der Waals surface area contributed by atoms with E-state index in [0.717, 1.165) is 0 Å². The summed E-state index contributed by atoms with van der Waals surface area (Å²) in [5.74, 6) is 0. The third kappa shape index (κ3) is 2.47. The number of hydrogen-bond acceptors (Lipinski definition) is 1. The fourth-order valence-electron chi connectivity index (χ4n) is 6.29. The number of thiophene rings is 1. The summed E-state index contributed by atoms with van der Waals surface area (Å²) in [6.45, 7) is 4.72. The summed E-state index contributed by atoms with van der Waals surface area (Å²) in [7, 11) is 0. The third-order valence-corrected chi connectivity index (χ3v) is 9.15. The molecule has 1 aliphatic rings. The molecule has 1 nitrogen and oxygen atoms in total. The molecule has 2 heterocycles. The van der Waals surface area contributed by atoms with Crippen LogP contribution in [0.25, 0.3) is 58.8 Å². The highest BCUT2D eigenvalue weighted by Gasteiger charge is 2.36. The van der Waals surface area contributed by atoms with E-state index in [1.54, 1.807) is 0 Å². The first-order chi connectivity index (χ1) is 17.1. The molecule has 5 aromatic carbocycles. The van der Waals surface area contributed by atoms with Crippen molar-refractivity contribution in [3.8, 4) is 16.8 Å². The lowest BCUT2D eigenvalue weighted by Crippen LogP contribution is -2.14. The molecule has 0 aliphatic heterocycles. The van der Waals surface area contributed by atoms with Crippen molar-refractivity contribution in [3.05, 3.63) is 114 Å². The van der Waals surface area contributed by atoms with Crippen LogP contribution in [0.3, 0.4) is 0 Å². The summed E-state index contributed by atoms with van der Waals surface area (Å²) in [6, 6.07) is 38.4. The molecule has 0 saturated heterocycles. The van der Waals surface area contributed by atoms with E-state index in [2.05, 4.69) is 122 Å². The molecule has 166 valence electrons. The molecule has 0 spiro atoms. The van der Waals surface area contributed by atoms with E-state index in [4.69, 9.17) is 0 Å². The molecular formula is C33H23NS. The summed E-state index contributed by atoms with van der Waals surface area (Å²) < 4.78 is 5.16. The van der Waals surface area contributed by atoms with Crippen LogP contribution in [0, 0.1) is 0 Å². The predicted octanol–water partition coefficient (Wildman–Crippen LogP) is 9.46. The zero-order valence-corrected chi connectivity index (χ0v) is 20.5. The van der Waals surface area contributed by atoms with E-state index in [-0.39, 0.29) is 5.41 Å². The number of rotatable bonds is 1. The smallest absolute Gasteiger partial charge is 0.0544 e. The van der Waals surface area contributed by atoms with Crippen LogP contribution in [0.5, 0.6) is 0 Å². The molecular weight excluding hydrogens is 442 g/mol. The molecule has 35 heavy (non-hydrogen) atoms. The fourth-order valence-corrected chi connectivity index (χ4v) is 7.38. The van der Waals surface area contributed by atoms with Crippen LogP contribution in [0.1, 0.15) is 25.0 Å². The highest BCUT2D eigenvalue weighted by atomic mass is 32.1. The van der Waals surface area contributed by atoms with E-state index in [9.17, 15) is 0 Å². The molecule has 0 fully saturated rings. The normalized spacial score (nSPS) is 14.2. The van der Waals surface area contributed by atoms with Crippen molar-refractivity contribution < 1.29 is 0 Å². The van der Waals surface area contributed by atoms with Crippen LogP contribution in [0.15, 0.2) is 103 Å². The van der Waals surface area contributed by atoms with Crippen LogP contribution in [-0.4, -0.2) is 4.57 Å². The van der Waals surface area contributed by atoms with Crippen LogP contribution < -0.4 is 0 Å². The van der Waals surface area contributed by atoms with Gasteiger partial charge < -0.3 is 4.57 Å². The molecule has 1 aliphatic carbocycles. The highest BCUT2D eigenvalue weighted by Crippen LogP contribution is 2.51. The molecule has 0 amide bonds. The lowest BCUT2D eigenvalue weighted by Gasteiger charge is -2.21. The van der Waals surface area contributed by atoms with E-state index in [1.165, 1.54) is 69.9 Å². The first-order valence-corrected chi connectivity index (χ1v) is 13.0. The molecule has 0 N–H and O–H groups in total. The van der Waals surface area contributed by atoms with Gasteiger partial charge in [-0.1, -0.05) is 74.5 Å². The van der Waals surface area contributed by atoms with Crippen molar-refractivity contribution in [3.63, 3.8) is 0 Å². The van der Waals surface area contributed by atoms with Crippen LogP contribution in [0.4, 0.5) is 0 Å². The average Bonchev–Trinajstić information content (AvgIpc) is 3.49. The second-order valence-corrected chi connectivity index (χ2v) is 11.3. The van der Waals surface area contributed by atoms with Crippen LogP contribution in [-0.2, 0) is 5.41 Å². The predicted molar refractivity (Wildman–Crippen MR) is 151 cm³/mol. The first-order valence-electron chi connectivity index (χ1n) is 12.2. The lowest BCUT2D eigenvalue weighted by molar-refractivity contribution is 0.661. The van der Waals surface area contributed by atoms with E-state index in [1.807, 2.05) is 11.3 Å². The minimum absolute atomic E-state index is 0.0189. The molecule has 2 aromatic heterocycles. The summed E-state index contributed by atoms with van der Waals surface area (Å²) >= 11 is 1.87. The van der Waals surface area contributed by atoms with Gasteiger partial charge in [-0.2, -0.15) is 0 Å². The Kier molecular flexibility index (Phi) is 3.67. The Labute approximate surface area is 207 Å². The Bertz CT molecular complexity index is 1980. The number of para-hydroxylation sites is 1. The molecule has 0 radical (unpaired) electrons. The second kappa shape index (κ2) is 6.62. The molecule has 2 heteroatoms. The van der Waals surface area contributed by atoms with Gasteiger partial charge in [-0.05, 0) is 64.7 Å². The van der Waals surface area contributed by atoms with Crippen molar-refractivity contribution in [1.82, 2.24) is 4.57 Å². The zero-order chi connectivity index (χ0) is 23.3. The molecule has 0 saturated carbocycles. The average molecular weight is 466 g/mol. The Morgan fingerprint density at radius 2 is 1.29 bits per heavy atom. The van der Waals surface area contributed by atoms with Crippen molar-refractivity contribution >= 4 is 53.3 Å².